The van der Waals surface area contributed by atoms with Crippen LogP contribution in [0.15, 0.2) is 48.6 Å². The molecule has 6 heteroatoms. The molecule has 1 aliphatic carbocycles. The van der Waals surface area contributed by atoms with E-state index in [0.717, 1.165) is 42.9 Å². The lowest BCUT2D eigenvalue weighted by molar-refractivity contribution is 0.0948. The van der Waals surface area contributed by atoms with Crippen LogP contribution in [0.25, 0.3) is 0 Å². The van der Waals surface area contributed by atoms with Gasteiger partial charge in [-0.05, 0) is 55.3 Å². The van der Waals surface area contributed by atoms with Gasteiger partial charge < -0.3 is 25.4 Å². The highest BCUT2D eigenvalue weighted by Gasteiger charge is 2.39. The fourth-order valence-electron chi connectivity index (χ4n) is 4.97. The van der Waals surface area contributed by atoms with Crippen molar-refractivity contribution in [2.75, 3.05) is 38.6 Å². The fourth-order valence-corrected chi connectivity index (χ4v) is 4.97. The van der Waals surface area contributed by atoms with Crippen LogP contribution in [-0.4, -0.2) is 49.2 Å². The second-order valence-corrected chi connectivity index (χ2v) is 8.46. The molecule has 0 spiro atoms. The molecule has 0 aromatic heterocycles. The summed E-state index contributed by atoms with van der Waals surface area (Å²) in [5, 5.41) is 17.4. The maximum Gasteiger partial charge on any atom is 0.251 e. The zero-order chi connectivity index (χ0) is 22.7. The number of anilines is 1. The van der Waals surface area contributed by atoms with Crippen LogP contribution >= 0.6 is 0 Å². The van der Waals surface area contributed by atoms with Crippen LogP contribution in [-0.2, 0) is 0 Å². The standard InChI is InChI=1S/C26H33N3O3/c1-4-29(5-2)15-14-27-26(31)17-12-13-22-21(16-17)18-8-6-9-19(18)24(28-22)20-10-7-11-23(32-3)25(20)30/h6-8,10-13,16,18-19,24,28,30H,4-5,9,14-15H2,1-3H3,(H,27,31). The first-order valence-corrected chi connectivity index (χ1v) is 11.5. The minimum Gasteiger partial charge on any atom is -0.504 e. The van der Waals surface area contributed by atoms with Gasteiger partial charge in [-0.1, -0.05) is 38.1 Å². The van der Waals surface area contributed by atoms with E-state index >= 15 is 0 Å². The highest BCUT2D eigenvalue weighted by Crippen LogP contribution is 2.52. The summed E-state index contributed by atoms with van der Waals surface area (Å²) in [6.07, 6.45) is 5.35. The van der Waals surface area contributed by atoms with E-state index in [-0.39, 0.29) is 29.5 Å². The summed E-state index contributed by atoms with van der Waals surface area (Å²) < 4.78 is 5.32. The molecule has 32 heavy (non-hydrogen) atoms. The molecule has 2 aliphatic rings. The van der Waals surface area contributed by atoms with Crippen LogP contribution in [0, 0.1) is 5.92 Å². The van der Waals surface area contributed by atoms with Gasteiger partial charge in [-0.15, -0.1) is 0 Å². The van der Waals surface area contributed by atoms with Gasteiger partial charge in [0.05, 0.1) is 13.2 Å². The van der Waals surface area contributed by atoms with Crippen LogP contribution in [0.2, 0.25) is 0 Å². The van der Waals surface area contributed by atoms with Gasteiger partial charge in [0.25, 0.3) is 5.91 Å². The summed E-state index contributed by atoms with van der Waals surface area (Å²) in [6, 6.07) is 11.5. The number of benzene rings is 2. The number of hydrogen-bond donors (Lipinski definition) is 3. The maximum absolute atomic E-state index is 12.8. The second kappa shape index (κ2) is 9.65. The van der Waals surface area contributed by atoms with Crippen molar-refractivity contribution in [1.29, 1.82) is 0 Å². The second-order valence-electron chi connectivity index (χ2n) is 8.46. The lowest BCUT2D eigenvalue weighted by Gasteiger charge is -2.38. The number of aromatic hydroxyl groups is 1. The van der Waals surface area contributed by atoms with Gasteiger partial charge in [0.15, 0.2) is 11.5 Å². The number of para-hydroxylation sites is 1. The Morgan fingerprint density at radius 2 is 2.03 bits per heavy atom. The zero-order valence-corrected chi connectivity index (χ0v) is 19.1. The Morgan fingerprint density at radius 1 is 1.22 bits per heavy atom. The number of nitrogens with zero attached hydrogens (tertiary/aromatic N) is 1. The molecule has 1 amide bonds. The molecule has 2 aromatic rings. The Labute approximate surface area is 190 Å². The summed E-state index contributed by atoms with van der Waals surface area (Å²) in [4.78, 5) is 15.1. The molecule has 1 heterocycles. The SMILES string of the molecule is CCN(CC)CCNC(=O)c1ccc2c(c1)C1C=CCC1C(c1cccc(OC)c1O)N2. The fraction of sp³-hybridized carbons (Fsp3) is 0.423. The molecule has 0 saturated heterocycles. The van der Waals surface area contributed by atoms with Gasteiger partial charge >= 0.3 is 0 Å². The predicted molar refractivity (Wildman–Crippen MR) is 128 cm³/mol. The van der Waals surface area contributed by atoms with Crippen molar-refractivity contribution >= 4 is 11.6 Å². The number of fused-ring (bicyclic) bond motifs is 3. The number of amides is 1. The molecule has 0 saturated carbocycles. The molecule has 0 bridgehead atoms. The van der Waals surface area contributed by atoms with E-state index in [0.29, 0.717) is 17.9 Å². The quantitative estimate of drug-likeness (QED) is 0.539. The van der Waals surface area contributed by atoms with E-state index in [1.54, 1.807) is 13.2 Å². The maximum atomic E-state index is 12.8. The Bertz CT molecular complexity index is 1000. The molecule has 170 valence electrons. The molecule has 1 aliphatic heterocycles. The smallest absolute Gasteiger partial charge is 0.251 e. The molecule has 4 rings (SSSR count). The Hall–Kier alpha value is -2.99. The number of phenols is 1. The number of carbonyl (C=O) groups excluding carboxylic acids is 1. The van der Waals surface area contributed by atoms with E-state index in [9.17, 15) is 9.90 Å². The number of carbonyl (C=O) groups is 1. The van der Waals surface area contributed by atoms with Gasteiger partial charge in [0, 0.05) is 35.8 Å². The van der Waals surface area contributed by atoms with Crippen molar-refractivity contribution < 1.29 is 14.6 Å². The van der Waals surface area contributed by atoms with Crippen molar-refractivity contribution in [3.8, 4) is 11.5 Å². The number of likely N-dealkylation sites (N-methyl/N-ethyl adjacent to an activating group) is 1. The number of rotatable bonds is 8. The monoisotopic (exact) mass is 435 g/mol. The van der Waals surface area contributed by atoms with Crippen molar-refractivity contribution in [3.05, 3.63) is 65.2 Å². The number of phenolic OH excluding ortho intramolecular Hbond substituents is 1. The summed E-state index contributed by atoms with van der Waals surface area (Å²) in [6.45, 7) is 7.72. The van der Waals surface area contributed by atoms with Gasteiger partial charge in [-0.2, -0.15) is 0 Å². The first-order chi connectivity index (χ1) is 15.6. The van der Waals surface area contributed by atoms with Crippen LogP contribution in [0.3, 0.4) is 0 Å². The average molecular weight is 436 g/mol. The number of nitrogens with one attached hydrogen (secondary N) is 2. The van der Waals surface area contributed by atoms with Gasteiger partial charge in [0.1, 0.15) is 0 Å². The van der Waals surface area contributed by atoms with Gasteiger partial charge in [-0.3, -0.25) is 4.79 Å². The number of hydrogen-bond acceptors (Lipinski definition) is 5. The topological polar surface area (TPSA) is 73.8 Å². The van der Waals surface area contributed by atoms with Crippen molar-refractivity contribution in [2.24, 2.45) is 5.92 Å². The molecule has 3 N–H and O–H groups in total. The minimum absolute atomic E-state index is 0.0358. The van der Waals surface area contributed by atoms with Crippen LogP contribution < -0.4 is 15.4 Å². The predicted octanol–water partition coefficient (Wildman–Crippen LogP) is 4.30. The highest BCUT2D eigenvalue weighted by atomic mass is 16.5. The zero-order valence-electron chi connectivity index (χ0n) is 19.1. The molecule has 0 fully saturated rings. The molecule has 3 atom stereocenters. The normalized spacial score (nSPS) is 21.1. The molecule has 6 nitrogen and oxygen atoms in total. The van der Waals surface area contributed by atoms with E-state index < -0.39 is 0 Å². The first kappa shape index (κ1) is 22.2. The Morgan fingerprint density at radius 3 is 2.78 bits per heavy atom. The van der Waals surface area contributed by atoms with Crippen LogP contribution in [0.5, 0.6) is 11.5 Å². The van der Waals surface area contributed by atoms with E-state index in [1.165, 1.54) is 0 Å². The number of allylic oxidation sites excluding steroid dienone is 2. The lowest BCUT2D eigenvalue weighted by Crippen LogP contribution is -2.35. The van der Waals surface area contributed by atoms with Crippen LogP contribution in [0.1, 0.15) is 53.7 Å². The molecule has 2 aromatic carbocycles. The third-order valence-corrected chi connectivity index (χ3v) is 6.82. The molecule has 3 unspecified atom stereocenters. The summed E-state index contributed by atoms with van der Waals surface area (Å²) in [7, 11) is 1.57. The Kier molecular flexibility index (Phi) is 6.70. The van der Waals surface area contributed by atoms with Gasteiger partial charge in [0.2, 0.25) is 0 Å². The molecular weight excluding hydrogens is 402 g/mol. The Balaban J connectivity index is 1.55. The average Bonchev–Trinajstić information content (AvgIpc) is 3.31. The van der Waals surface area contributed by atoms with Crippen molar-refractivity contribution in [3.63, 3.8) is 0 Å². The van der Waals surface area contributed by atoms with E-state index in [2.05, 4.69) is 41.5 Å². The third kappa shape index (κ3) is 4.19. The van der Waals surface area contributed by atoms with E-state index in [4.69, 9.17) is 4.74 Å². The molecule has 0 radical (unpaired) electrons. The van der Waals surface area contributed by atoms with Crippen LogP contribution in [0.4, 0.5) is 5.69 Å². The van der Waals surface area contributed by atoms with E-state index in [1.807, 2.05) is 30.3 Å². The minimum atomic E-state index is -0.0361. The highest BCUT2D eigenvalue weighted by molar-refractivity contribution is 5.95. The lowest BCUT2D eigenvalue weighted by atomic mass is 9.76. The molecular formula is C26H33N3O3. The number of ether oxygens (including phenoxy) is 1. The third-order valence-electron chi connectivity index (χ3n) is 6.82. The first-order valence-electron chi connectivity index (χ1n) is 11.5. The largest absolute Gasteiger partial charge is 0.504 e. The van der Waals surface area contributed by atoms with Gasteiger partial charge in [-0.25, -0.2) is 0 Å². The van der Waals surface area contributed by atoms with Crippen molar-refractivity contribution in [2.45, 2.75) is 32.2 Å². The summed E-state index contributed by atoms with van der Waals surface area (Å²) in [5.41, 5.74) is 3.67. The summed E-state index contributed by atoms with van der Waals surface area (Å²) >= 11 is 0. The summed E-state index contributed by atoms with van der Waals surface area (Å²) in [5.74, 6) is 1.10. The van der Waals surface area contributed by atoms with Crippen molar-refractivity contribution in [1.82, 2.24) is 10.2 Å². The number of methoxy groups -OCH3 is 1.